The van der Waals surface area contributed by atoms with Crippen molar-refractivity contribution in [3.05, 3.63) is 68.5 Å². The summed E-state index contributed by atoms with van der Waals surface area (Å²) >= 11 is 7.44. The van der Waals surface area contributed by atoms with Gasteiger partial charge in [0.25, 0.3) is 17.5 Å². The van der Waals surface area contributed by atoms with Gasteiger partial charge in [-0.25, -0.2) is 0 Å². The molecular formula is C20H16ClN3O6S. The second-order valence-electron chi connectivity index (χ2n) is 6.35. The van der Waals surface area contributed by atoms with Gasteiger partial charge in [-0.2, -0.15) is 0 Å². The normalized spacial score (nSPS) is 11.5. The van der Waals surface area contributed by atoms with Crippen molar-refractivity contribution in [3.63, 3.8) is 0 Å². The van der Waals surface area contributed by atoms with Crippen molar-refractivity contribution in [2.75, 3.05) is 11.9 Å². The van der Waals surface area contributed by atoms with Crippen LogP contribution in [0, 0.1) is 10.1 Å². The number of nitrogens with zero attached hydrogens (tertiary/aromatic N) is 1. The Kier molecular flexibility index (Phi) is 6.83. The maximum absolute atomic E-state index is 12.4. The lowest BCUT2D eigenvalue weighted by Crippen LogP contribution is -2.35. The maximum atomic E-state index is 12.4. The molecular weight excluding hydrogens is 446 g/mol. The van der Waals surface area contributed by atoms with Crippen LogP contribution in [0.15, 0.2) is 48.5 Å². The number of benzene rings is 2. The monoisotopic (exact) mass is 461 g/mol. The van der Waals surface area contributed by atoms with Crippen LogP contribution in [0.1, 0.15) is 16.6 Å². The predicted octanol–water partition coefficient (Wildman–Crippen LogP) is 3.76. The van der Waals surface area contributed by atoms with Gasteiger partial charge in [0.2, 0.25) is 0 Å². The molecule has 1 heterocycles. The van der Waals surface area contributed by atoms with Crippen molar-refractivity contribution in [2.45, 2.75) is 13.0 Å². The van der Waals surface area contributed by atoms with Crippen LogP contribution in [0.3, 0.4) is 0 Å². The lowest BCUT2D eigenvalue weighted by molar-refractivity contribution is -0.384. The van der Waals surface area contributed by atoms with Gasteiger partial charge in [-0.1, -0.05) is 29.8 Å². The van der Waals surface area contributed by atoms with Gasteiger partial charge in [-0.15, -0.1) is 11.3 Å². The number of hydrogen-bond acceptors (Lipinski definition) is 7. The molecule has 11 heteroatoms. The highest BCUT2D eigenvalue weighted by atomic mass is 35.5. The SMILES string of the molecule is CC(OC(=O)CNC(=O)c1sc2ccccc2c1Cl)C(=O)Nc1ccc([N+](=O)[O-])cc1. The van der Waals surface area contributed by atoms with E-state index in [1.54, 1.807) is 6.07 Å². The highest BCUT2D eigenvalue weighted by molar-refractivity contribution is 7.21. The molecule has 0 aliphatic heterocycles. The van der Waals surface area contributed by atoms with Crippen LogP contribution in [0.25, 0.3) is 10.1 Å². The van der Waals surface area contributed by atoms with Gasteiger partial charge in [0.15, 0.2) is 6.10 Å². The van der Waals surface area contributed by atoms with E-state index >= 15 is 0 Å². The minimum Gasteiger partial charge on any atom is -0.451 e. The smallest absolute Gasteiger partial charge is 0.326 e. The quantitative estimate of drug-likeness (QED) is 0.313. The Bertz CT molecular complexity index is 1160. The molecule has 2 amide bonds. The van der Waals surface area contributed by atoms with E-state index in [2.05, 4.69) is 10.6 Å². The molecule has 0 bridgehead atoms. The Morgan fingerprint density at radius 2 is 1.84 bits per heavy atom. The first kappa shape index (κ1) is 22.2. The third-order valence-corrected chi connectivity index (χ3v) is 5.83. The number of non-ortho nitro benzene ring substituents is 1. The molecule has 2 aromatic carbocycles. The van der Waals surface area contributed by atoms with E-state index in [4.69, 9.17) is 16.3 Å². The number of rotatable bonds is 7. The molecule has 1 aromatic heterocycles. The predicted molar refractivity (Wildman–Crippen MR) is 116 cm³/mol. The zero-order valence-electron chi connectivity index (χ0n) is 16.1. The van der Waals surface area contributed by atoms with E-state index in [1.165, 1.54) is 42.5 Å². The van der Waals surface area contributed by atoms with E-state index in [0.717, 1.165) is 10.1 Å². The van der Waals surface area contributed by atoms with Crippen molar-refractivity contribution >= 4 is 62.2 Å². The Labute approximate surface area is 185 Å². The fourth-order valence-electron chi connectivity index (χ4n) is 2.60. The molecule has 31 heavy (non-hydrogen) atoms. The second-order valence-corrected chi connectivity index (χ2v) is 7.78. The molecule has 0 aliphatic carbocycles. The van der Waals surface area contributed by atoms with Crippen LogP contribution < -0.4 is 10.6 Å². The zero-order valence-corrected chi connectivity index (χ0v) is 17.7. The molecule has 9 nitrogen and oxygen atoms in total. The number of amides is 2. The van der Waals surface area contributed by atoms with Crippen LogP contribution in [-0.2, 0) is 14.3 Å². The average molecular weight is 462 g/mol. The van der Waals surface area contributed by atoms with Gasteiger partial charge in [0.1, 0.15) is 11.4 Å². The maximum Gasteiger partial charge on any atom is 0.326 e. The number of esters is 1. The minimum absolute atomic E-state index is 0.119. The van der Waals surface area contributed by atoms with Crippen LogP contribution >= 0.6 is 22.9 Å². The summed E-state index contributed by atoms with van der Waals surface area (Å²) in [6.07, 6.45) is -1.15. The Balaban J connectivity index is 1.51. The van der Waals surface area contributed by atoms with Crippen LogP contribution in [0.4, 0.5) is 11.4 Å². The van der Waals surface area contributed by atoms with E-state index < -0.39 is 35.4 Å². The molecule has 3 rings (SSSR count). The number of nitro groups is 1. The molecule has 1 atom stereocenters. The van der Waals surface area contributed by atoms with E-state index in [9.17, 15) is 24.5 Å². The van der Waals surface area contributed by atoms with Crippen LogP contribution in [0.2, 0.25) is 5.02 Å². The van der Waals surface area contributed by atoms with Crippen molar-refractivity contribution in [1.29, 1.82) is 0 Å². The number of thiophene rings is 1. The lowest BCUT2D eigenvalue weighted by atomic mass is 10.2. The van der Waals surface area contributed by atoms with Gasteiger partial charge >= 0.3 is 5.97 Å². The lowest BCUT2D eigenvalue weighted by Gasteiger charge is -2.13. The second kappa shape index (κ2) is 9.54. The van der Waals surface area contributed by atoms with E-state index in [1.807, 2.05) is 18.2 Å². The highest BCUT2D eigenvalue weighted by Gasteiger charge is 2.21. The fraction of sp³-hybridized carbons (Fsp3) is 0.150. The fourth-order valence-corrected chi connectivity index (χ4v) is 4.03. The number of nitro benzene ring substituents is 1. The van der Waals surface area contributed by atoms with Gasteiger partial charge in [-0.05, 0) is 25.1 Å². The summed E-state index contributed by atoms with van der Waals surface area (Å²) in [6, 6.07) is 12.5. The van der Waals surface area contributed by atoms with Crippen molar-refractivity contribution in [2.24, 2.45) is 0 Å². The van der Waals surface area contributed by atoms with Crippen molar-refractivity contribution < 1.29 is 24.0 Å². The topological polar surface area (TPSA) is 128 Å². The summed E-state index contributed by atoms with van der Waals surface area (Å²) in [4.78, 5) is 46.9. The van der Waals surface area contributed by atoms with Gasteiger partial charge in [-0.3, -0.25) is 24.5 Å². The first-order chi connectivity index (χ1) is 14.8. The summed E-state index contributed by atoms with van der Waals surface area (Å²) < 4.78 is 5.86. The average Bonchev–Trinajstić information content (AvgIpc) is 3.09. The van der Waals surface area contributed by atoms with Gasteiger partial charge in [0, 0.05) is 27.9 Å². The third kappa shape index (κ3) is 5.36. The number of nitrogens with one attached hydrogen (secondary N) is 2. The standard InChI is InChI=1S/C20H16ClN3O6S/c1-11(19(26)23-12-6-8-13(9-7-12)24(28)29)30-16(25)10-22-20(27)18-17(21)14-4-2-3-5-15(14)31-18/h2-9,11H,10H2,1H3,(H,22,27)(H,23,26). The summed E-state index contributed by atoms with van der Waals surface area (Å²) in [5, 5.41) is 16.6. The van der Waals surface area contributed by atoms with E-state index in [-0.39, 0.29) is 10.6 Å². The molecule has 2 N–H and O–H groups in total. The number of carbonyl (C=O) groups is 3. The molecule has 1 unspecified atom stereocenters. The molecule has 0 spiro atoms. The van der Waals surface area contributed by atoms with Gasteiger partial charge < -0.3 is 15.4 Å². The minimum atomic E-state index is -1.15. The third-order valence-electron chi connectivity index (χ3n) is 4.16. The largest absolute Gasteiger partial charge is 0.451 e. The number of halogens is 1. The Hall–Kier alpha value is -3.50. The molecule has 0 fully saturated rings. The first-order valence-electron chi connectivity index (χ1n) is 8.96. The molecule has 0 saturated heterocycles. The van der Waals surface area contributed by atoms with Crippen LogP contribution in [0.5, 0.6) is 0 Å². The summed E-state index contributed by atoms with van der Waals surface area (Å²) in [5.41, 5.74) is 0.193. The first-order valence-corrected chi connectivity index (χ1v) is 10.2. The molecule has 0 radical (unpaired) electrons. The number of anilines is 1. The summed E-state index contributed by atoms with van der Waals surface area (Å²) in [6.45, 7) is 0.919. The molecule has 0 saturated carbocycles. The van der Waals surface area contributed by atoms with Crippen LogP contribution in [-0.4, -0.2) is 35.4 Å². The highest BCUT2D eigenvalue weighted by Crippen LogP contribution is 2.34. The molecule has 160 valence electrons. The molecule has 3 aromatic rings. The van der Waals surface area contributed by atoms with Crippen molar-refractivity contribution in [3.8, 4) is 0 Å². The zero-order chi connectivity index (χ0) is 22.5. The number of fused-ring (bicyclic) bond motifs is 1. The Morgan fingerprint density at radius 1 is 1.16 bits per heavy atom. The van der Waals surface area contributed by atoms with Gasteiger partial charge in [0.05, 0.1) is 9.95 Å². The Morgan fingerprint density at radius 3 is 2.48 bits per heavy atom. The summed E-state index contributed by atoms with van der Waals surface area (Å²) in [5.74, 6) is -1.95. The van der Waals surface area contributed by atoms with E-state index in [0.29, 0.717) is 10.7 Å². The number of hydrogen-bond donors (Lipinski definition) is 2. The molecule has 0 aliphatic rings. The number of carbonyl (C=O) groups excluding carboxylic acids is 3. The van der Waals surface area contributed by atoms with Crippen molar-refractivity contribution in [1.82, 2.24) is 5.32 Å². The number of ether oxygens (including phenoxy) is 1. The summed E-state index contributed by atoms with van der Waals surface area (Å²) in [7, 11) is 0.